The lowest BCUT2D eigenvalue weighted by molar-refractivity contribution is 0.391. The van der Waals surface area contributed by atoms with E-state index < -0.39 is 0 Å². The second-order valence-corrected chi connectivity index (χ2v) is 4.52. The quantitative estimate of drug-likeness (QED) is 0.689. The van der Waals surface area contributed by atoms with Gasteiger partial charge in [0.05, 0.1) is 11.5 Å². The summed E-state index contributed by atoms with van der Waals surface area (Å²) >= 11 is 0. The monoisotopic (exact) mass is 179 g/mol. The summed E-state index contributed by atoms with van der Waals surface area (Å²) in [6.07, 6.45) is 3.43. The lowest BCUT2D eigenvalue weighted by atomic mass is 10.1. The van der Waals surface area contributed by atoms with E-state index in [1.165, 1.54) is 13.0 Å². The molecule has 1 heterocycles. The SMILES string of the molecule is CN1CCC(NCC2(C#N)CC2)C1. The van der Waals surface area contributed by atoms with Gasteiger partial charge in [-0.3, -0.25) is 0 Å². The van der Waals surface area contributed by atoms with Gasteiger partial charge < -0.3 is 10.2 Å². The van der Waals surface area contributed by atoms with Crippen LogP contribution in [0.2, 0.25) is 0 Å². The van der Waals surface area contributed by atoms with E-state index in [4.69, 9.17) is 5.26 Å². The average molecular weight is 179 g/mol. The van der Waals surface area contributed by atoms with Crippen molar-refractivity contribution in [2.24, 2.45) is 5.41 Å². The number of nitriles is 1. The van der Waals surface area contributed by atoms with Crippen LogP contribution < -0.4 is 5.32 Å². The molecule has 0 aromatic rings. The largest absolute Gasteiger partial charge is 0.311 e. The lowest BCUT2D eigenvalue weighted by Crippen LogP contribution is -2.35. The van der Waals surface area contributed by atoms with Crippen LogP contribution in [-0.4, -0.2) is 37.6 Å². The van der Waals surface area contributed by atoms with E-state index in [9.17, 15) is 0 Å². The van der Waals surface area contributed by atoms with Gasteiger partial charge in [0.2, 0.25) is 0 Å². The van der Waals surface area contributed by atoms with Crippen molar-refractivity contribution in [3.05, 3.63) is 0 Å². The molecule has 0 spiro atoms. The van der Waals surface area contributed by atoms with Crippen molar-refractivity contribution in [2.75, 3.05) is 26.7 Å². The second-order valence-electron chi connectivity index (χ2n) is 4.52. The maximum absolute atomic E-state index is 8.88. The molecule has 0 aromatic heterocycles. The Morgan fingerprint density at radius 3 is 2.85 bits per heavy atom. The first kappa shape index (κ1) is 8.98. The maximum Gasteiger partial charge on any atom is 0.0703 e. The van der Waals surface area contributed by atoms with Crippen LogP contribution in [0.1, 0.15) is 19.3 Å². The van der Waals surface area contributed by atoms with Gasteiger partial charge in [0.15, 0.2) is 0 Å². The van der Waals surface area contributed by atoms with Crippen LogP contribution >= 0.6 is 0 Å². The molecule has 0 radical (unpaired) electrons. The summed E-state index contributed by atoms with van der Waals surface area (Å²) in [5, 5.41) is 12.4. The lowest BCUT2D eigenvalue weighted by Gasteiger charge is -2.14. The second kappa shape index (κ2) is 3.28. The molecule has 1 unspecified atom stereocenters. The summed E-state index contributed by atoms with van der Waals surface area (Å²) in [4.78, 5) is 2.34. The third-order valence-electron chi connectivity index (χ3n) is 3.21. The van der Waals surface area contributed by atoms with Gasteiger partial charge in [0.1, 0.15) is 0 Å². The fourth-order valence-corrected chi connectivity index (χ4v) is 1.92. The average Bonchev–Trinajstić information content (AvgIpc) is 2.81. The number of hydrogen-bond donors (Lipinski definition) is 1. The van der Waals surface area contributed by atoms with E-state index in [1.54, 1.807) is 0 Å². The summed E-state index contributed by atoms with van der Waals surface area (Å²) < 4.78 is 0. The van der Waals surface area contributed by atoms with Gasteiger partial charge in [0, 0.05) is 19.1 Å². The van der Waals surface area contributed by atoms with E-state index in [0.29, 0.717) is 6.04 Å². The molecule has 1 N–H and O–H groups in total. The molecule has 0 aromatic carbocycles. The van der Waals surface area contributed by atoms with Gasteiger partial charge in [-0.05, 0) is 32.9 Å². The van der Waals surface area contributed by atoms with Gasteiger partial charge in [-0.25, -0.2) is 0 Å². The first-order valence-corrected chi connectivity index (χ1v) is 5.07. The molecule has 2 fully saturated rings. The first-order valence-electron chi connectivity index (χ1n) is 5.07. The Morgan fingerprint density at radius 2 is 2.38 bits per heavy atom. The number of likely N-dealkylation sites (tertiary alicyclic amines) is 1. The Kier molecular flexibility index (Phi) is 2.27. The summed E-state index contributed by atoms with van der Waals surface area (Å²) in [7, 11) is 2.15. The third kappa shape index (κ3) is 2.01. The molecular weight excluding hydrogens is 162 g/mol. The smallest absolute Gasteiger partial charge is 0.0703 e. The summed E-state index contributed by atoms with van der Waals surface area (Å²) in [5.74, 6) is 0. The Balaban J connectivity index is 1.72. The zero-order valence-corrected chi connectivity index (χ0v) is 8.21. The summed E-state index contributed by atoms with van der Waals surface area (Å²) in [6.45, 7) is 3.24. The summed E-state index contributed by atoms with van der Waals surface area (Å²) in [5.41, 5.74) is 0.0150. The molecule has 13 heavy (non-hydrogen) atoms. The molecule has 3 heteroatoms. The molecule has 1 atom stereocenters. The molecule has 1 saturated carbocycles. The predicted molar refractivity (Wildman–Crippen MR) is 51.2 cm³/mol. The van der Waals surface area contributed by atoms with E-state index >= 15 is 0 Å². The minimum Gasteiger partial charge on any atom is -0.311 e. The Morgan fingerprint density at radius 1 is 1.62 bits per heavy atom. The highest BCUT2D eigenvalue weighted by molar-refractivity contribution is 5.11. The van der Waals surface area contributed by atoms with Crippen molar-refractivity contribution in [3.63, 3.8) is 0 Å². The highest BCUT2D eigenvalue weighted by atomic mass is 15.2. The van der Waals surface area contributed by atoms with Gasteiger partial charge in [-0.2, -0.15) is 5.26 Å². The fourth-order valence-electron chi connectivity index (χ4n) is 1.92. The van der Waals surface area contributed by atoms with Gasteiger partial charge in [-0.15, -0.1) is 0 Å². The van der Waals surface area contributed by atoms with Crippen molar-refractivity contribution in [1.29, 1.82) is 5.26 Å². The fraction of sp³-hybridized carbons (Fsp3) is 0.900. The van der Waals surface area contributed by atoms with Crippen LogP contribution in [0.15, 0.2) is 0 Å². The Hall–Kier alpha value is -0.590. The summed E-state index contributed by atoms with van der Waals surface area (Å²) in [6, 6.07) is 3.03. The van der Waals surface area contributed by atoms with Crippen LogP contribution in [0.25, 0.3) is 0 Å². The normalized spacial score (nSPS) is 31.5. The zero-order chi connectivity index (χ0) is 9.31. The standard InChI is InChI=1S/C10H17N3/c1-13-5-2-9(6-13)12-8-10(7-11)3-4-10/h9,12H,2-6,8H2,1H3. The molecule has 72 valence electrons. The number of nitrogens with one attached hydrogen (secondary N) is 1. The van der Waals surface area contributed by atoms with Crippen LogP contribution in [0.4, 0.5) is 0 Å². The molecular formula is C10H17N3. The van der Waals surface area contributed by atoms with Crippen molar-refractivity contribution in [3.8, 4) is 6.07 Å². The van der Waals surface area contributed by atoms with Crippen molar-refractivity contribution in [1.82, 2.24) is 10.2 Å². The number of rotatable bonds is 3. The van der Waals surface area contributed by atoms with Crippen LogP contribution in [0, 0.1) is 16.7 Å². The van der Waals surface area contributed by atoms with Crippen LogP contribution in [0.5, 0.6) is 0 Å². The van der Waals surface area contributed by atoms with E-state index in [1.807, 2.05) is 0 Å². The molecule has 2 rings (SSSR count). The topological polar surface area (TPSA) is 39.1 Å². The zero-order valence-electron chi connectivity index (χ0n) is 8.21. The van der Waals surface area contributed by atoms with E-state index in [2.05, 4.69) is 23.3 Å². The Labute approximate surface area is 79.7 Å². The number of likely N-dealkylation sites (N-methyl/N-ethyl adjacent to an activating group) is 1. The number of hydrogen-bond acceptors (Lipinski definition) is 3. The van der Waals surface area contributed by atoms with Crippen molar-refractivity contribution in [2.45, 2.75) is 25.3 Å². The van der Waals surface area contributed by atoms with E-state index in [-0.39, 0.29) is 5.41 Å². The van der Waals surface area contributed by atoms with Crippen molar-refractivity contribution >= 4 is 0 Å². The number of nitrogens with zero attached hydrogens (tertiary/aromatic N) is 2. The molecule has 1 aliphatic carbocycles. The molecule has 0 bridgehead atoms. The predicted octanol–water partition coefficient (Wildman–Crippen LogP) is 0.584. The molecule has 2 aliphatic rings. The van der Waals surface area contributed by atoms with Crippen LogP contribution in [0.3, 0.4) is 0 Å². The minimum absolute atomic E-state index is 0.0150. The highest BCUT2D eigenvalue weighted by Crippen LogP contribution is 2.44. The molecule has 1 saturated heterocycles. The van der Waals surface area contributed by atoms with Crippen LogP contribution in [-0.2, 0) is 0 Å². The Bertz CT molecular complexity index is 227. The first-order chi connectivity index (χ1) is 6.24. The molecule has 3 nitrogen and oxygen atoms in total. The third-order valence-corrected chi connectivity index (χ3v) is 3.21. The van der Waals surface area contributed by atoms with Gasteiger partial charge in [0.25, 0.3) is 0 Å². The highest BCUT2D eigenvalue weighted by Gasteiger charge is 2.43. The minimum atomic E-state index is 0.0150. The van der Waals surface area contributed by atoms with Crippen molar-refractivity contribution < 1.29 is 0 Å². The molecule has 1 aliphatic heterocycles. The van der Waals surface area contributed by atoms with Gasteiger partial charge in [-0.1, -0.05) is 0 Å². The van der Waals surface area contributed by atoms with E-state index in [0.717, 1.165) is 25.9 Å². The maximum atomic E-state index is 8.88. The van der Waals surface area contributed by atoms with Gasteiger partial charge >= 0.3 is 0 Å². The molecule has 0 amide bonds.